The summed E-state index contributed by atoms with van der Waals surface area (Å²) in [6.45, 7) is 7.60. The summed E-state index contributed by atoms with van der Waals surface area (Å²) >= 11 is 0. The lowest BCUT2D eigenvalue weighted by molar-refractivity contribution is 0.268. The molecule has 0 aliphatic rings. The maximum Gasteiger partial charge on any atom is 0.0762 e. The van der Waals surface area contributed by atoms with E-state index in [1.165, 1.54) is 19.4 Å². The average molecular weight is 238 g/mol. The van der Waals surface area contributed by atoms with Crippen molar-refractivity contribution >= 4 is 0 Å². The molecule has 1 rings (SSSR count). The Labute approximate surface area is 105 Å². The third-order valence-corrected chi connectivity index (χ3v) is 3.07. The first-order chi connectivity index (χ1) is 8.09. The lowest BCUT2D eigenvalue weighted by Crippen LogP contribution is -2.27. The molecule has 0 unspecified atom stereocenters. The molecule has 0 aliphatic heterocycles. The van der Waals surface area contributed by atoms with Gasteiger partial charge in [0.1, 0.15) is 0 Å². The molecule has 0 spiro atoms. The molecule has 98 valence electrons. The molecule has 4 nitrogen and oxygen atoms in total. The standard InChI is InChI=1S/C13H26N4/c1-12(2)16(3)9-6-5-8-14-11-13-7-10-17(4)15-13/h7,10,12,14H,5-6,8-9,11H2,1-4H3. The molecule has 0 amide bonds. The van der Waals surface area contributed by atoms with Gasteiger partial charge < -0.3 is 10.2 Å². The van der Waals surface area contributed by atoms with Crippen LogP contribution in [0.3, 0.4) is 0 Å². The van der Waals surface area contributed by atoms with Gasteiger partial charge in [-0.2, -0.15) is 5.10 Å². The first-order valence-electron chi connectivity index (χ1n) is 6.49. The van der Waals surface area contributed by atoms with Crippen molar-refractivity contribution in [1.82, 2.24) is 20.0 Å². The number of hydrogen-bond acceptors (Lipinski definition) is 3. The topological polar surface area (TPSA) is 33.1 Å². The summed E-state index contributed by atoms with van der Waals surface area (Å²) in [6, 6.07) is 2.70. The highest BCUT2D eigenvalue weighted by Gasteiger charge is 2.01. The Morgan fingerprint density at radius 1 is 1.41 bits per heavy atom. The molecule has 0 atom stereocenters. The van der Waals surface area contributed by atoms with Crippen molar-refractivity contribution in [2.24, 2.45) is 7.05 Å². The highest BCUT2D eigenvalue weighted by molar-refractivity contribution is 4.97. The number of rotatable bonds is 8. The van der Waals surface area contributed by atoms with Crippen LogP contribution < -0.4 is 5.32 Å². The van der Waals surface area contributed by atoms with Crippen molar-refractivity contribution in [3.63, 3.8) is 0 Å². The van der Waals surface area contributed by atoms with E-state index in [4.69, 9.17) is 0 Å². The van der Waals surface area contributed by atoms with E-state index >= 15 is 0 Å². The summed E-state index contributed by atoms with van der Waals surface area (Å²) in [6.07, 6.45) is 4.46. The molecule has 0 fully saturated rings. The summed E-state index contributed by atoms with van der Waals surface area (Å²) in [7, 11) is 4.14. The molecule has 0 saturated heterocycles. The van der Waals surface area contributed by atoms with Gasteiger partial charge in [-0.25, -0.2) is 0 Å². The molecule has 0 radical (unpaired) electrons. The van der Waals surface area contributed by atoms with Crippen LogP contribution in [-0.4, -0.2) is 40.9 Å². The van der Waals surface area contributed by atoms with E-state index in [1.807, 2.05) is 17.9 Å². The van der Waals surface area contributed by atoms with Crippen molar-refractivity contribution in [3.8, 4) is 0 Å². The van der Waals surface area contributed by atoms with Crippen molar-refractivity contribution in [2.75, 3.05) is 20.1 Å². The third kappa shape index (κ3) is 5.84. The highest BCUT2D eigenvalue weighted by atomic mass is 15.3. The number of hydrogen-bond donors (Lipinski definition) is 1. The van der Waals surface area contributed by atoms with E-state index < -0.39 is 0 Å². The maximum absolute atomic E-state index is 4.33. The van der Waals surface area contributed by atoms with Crippen LogP contribution in [0.1, 0.15) is 32.4 Å². The van der Waals surface area contributed by atoms with Crippen molar-refractivity contribution < 1.29 is 0 Å². The minimum absolute atomic E-state index is 0.650. The second kappa shape index (κ2) is 7.45. The van der Waals surface area contributed by atoms with Gasteiger partial charge in [0, 0.05) is 25.8 Å². The van der Waals surface area contributed by atoms with Crippen LogP contribution in [-0.2, 0) is 13.6 Å². The molecule has 0 aliphatic carbocycles. The summed E-state index contributed by atoms with van der Waals surface area (Å²) in [5, 5.41) is 7.75. The average Bonchev–Trinajstić information content (AvgIpc) is 2.68. The Balaban J connectivity index is 1.98. The van der Waals surface area contributed by atoms with Crippen LogP contribution in [0.25, 0.3) is 0 Å². The minimum Gasteiger partial charge on any atom is -0.311 e. The van der Waals surface area contributed by atoms with Crippen LogP contribution in [0.5, 0.6) is 0 Å². The van der Waals surface area contributed by atoms with Gasteiger partial charge >= 0.3 is 0 Å². The zero-order chi connectivity index (χ0) is 12.7. The largest absolute Gasteiger partial charge is 0.311 e. The second-order valence-electron chi connectivity index (χ2n) is 4.94. The summed E-state index contributed by atoms with van der Waals surface area (Å²) in [5.74, 6) is 0. The van der Waals surface area contributed by atoms with E-state index in [9.17, 15) is 0 Å². The maximum atomic E-state index is 4.33. The Morgan fingerprint density at radius 2 is 2.18 bits per heavy atom. The van der Waals surface area contributed by atoms with E-state index in [2.05, 4.69) is 42.3 Å². The molecule has 1 aromatic rings. The molecular weight excluding hydrogens is 212 g/mol. The van der Waals surface area contributed by atoms with Crippen molar-refractivity contribution in [2.45, 2.75) is 39.3 Å². The van der Waals surface area contributed by atoms with Crippen molar-refractivity contribution in [3.05, 3.63) is 18.0 Å². The molecule has 0 saturated carbocycles. The van der Waals surface area contributed by atoms with Crippen molar-refractivity contribution in [1.29, 1.82) is 0 Å². The van der Waals surface area contributed by atoms with E-state index in [0.717, 1.165) is 18.8 Å². The fraction of sp³-hybridized carbons (Fsp3) is 0.769. The number of aryl methyl sites for hydroxylation is 1. The van der Waals surface area contributed by atoms with Gasteiger partial charge in [0.25, 0.3) is 0 Å². The Bertz CT molecular complexity index is 306. The molecule has 1 N–H and O–H groups in total. The third-order valence-electron chi connectivity index (χ3n) is 3.07. The molecular formula is C13H26N4. The van der Waals surface area contributed by atoms with Gasteiger partial charge in [0.15, 0.2) is 0 Å². The van der Waals surface area contributed by atoms with E-state index in [-0.39, 0.29) is 0 Å². The minimum atomic E-state index is 0.650. The van der Waals surface area contributed by atoms with Crippen LogP contribution in [0.15, 0.2) is 12.3 Å². The van der Waals surface area contributed by atoms with E-state index in [0.29, 0.717) is 6.04 Å². The van der Waals surface area contributed by atoms with Gasteiger partial charge in [-0.1, -0.05) is 0 Å². The lowest BCUT2D eigenvalue weighted by atomic mass is 10.2. The quantitative estimate of drug-likeness (QED) is 0.699. The van der Waals surface area contributed by atoms with Gasteiger partial charge in [-0.05, 0) is 52.9 Å². The van der Waals surface area contributed by atoms with Gasteiger partial charge in [-0.3, -0.25) is 4.68 Å². The van der Waals surface area contributed by atoms with Crippen LogP contribution >= 0.6 is 0 Å². The van der Waals surface area contributed by atoms with Crippen LogP contribution in [0, 0.1) is 0 Å². The zero-order valence-corrected chi connectivity index (χ0v) is 11.6. The second-order valence-corrected chi connectivity index (χ2v) is 4.94. The predicted octanol–water partition coefficient (Wildman–Crippen LogP) is 1.63. The summed E-state index contributed by atoms with van der Waals surface area (Å²) < 4.78 is 1.84. The summed E-state index contributed by atoms with van der Waals surface area (Å²) in [5.41, 5.74) is 1.12. The predicted molar refractivity (Wildman–Crippen MR) is 71.9 cm³/mol. The van der Waals surface area contributed by atoms with Gasteiger partial charge in [0.05, 0.1) is 5.69 Å². The normalized spacial score (nSPS) is 11.6. The Morgan fingerprint density at radius 3 is 2.76 bits per heavy atom. The lowest BCUT2D eigenvalue weighted by Gasteiger charge is -2.20. The molecule has 17 heavy (non-hydrogen) atoms. The Hall–Kier alpha value is -0.870. The zero-order valence-electron chi connectivity index (χ0n) is 11.6. The first kappa shape index (κ1) is 14.2. The number of nitrogens with one attached hydrogen (secondary N) is 1. The number of aromatic nitrogens is 2. The SMILES string of the molecule is CC(C)N(C)CCCCNCc1ccn(C)n1. The number of nitrogens with zero attached hydrogens (tertiary/aromatic N) is 3. The van der Waals surface area contributed by atoms with Crippen LogP contribution in [0.4, 0.5) is 0 Å². The molecule has 0 aromatic carbocycles. The molecule has 1 heterocycles. The molecule has 1 aromatic heterocycles. The summed E-state index contributed by atoms with van der Waals surface area (Å²) in [4.78, 5) is 2.39. The van der Waals surface area contributed by atoms with E-state index in [1.54, 1.807) is 0 Å². The molecule has 4 heteroatoms. The van der Waals surface area contributed by atoms with Gasteiger partial charge in [-0.15, -0.1) is 0 Å². The van der Waals surface area contributed by atoms with Crippen LogP contribution in [0.2, 0.25) is 0 Å². The number of unbranched alkanes of at least 4 members (excludes halogenated alkanes) is 1. The smallest absolute Gasteiger partial charge is 0.0762 e. The monoisotopic (exact) mass is 238 g/mol. The molecule has 0 bridgehead atoms. The fourth-order valence-electron chi connectivity index (χ4n) is 1.64. The fourth-order valence-corrected chi connectivity index (χ4v) is 1.64. The van der Waals surface area contributed by atoms with Gasteiger partial charge in [0.2, 0.25) is 0 Å². The Kier molecular flexibility index (Phi) is 6.22. The highest BCUT2D eigenvalue weighted by Crippen LogP contribution is 1.98. The first-order valence-corrected chi connectivity index (χ1v) is 6.49.